The predicted molar refractivity (Wildman–Crippen MR) is 198 cm³/mol. The highest BCUT2D eigenvalue weighted by Gasteiger charge is 2.41. The summed E-state index contributed by atoms with van der Waals surface area (Å²) in [6, 6.07) is 11.1. The van der Waals surface area contributed by atoms with Crippen molar-refractivity contribution in [3.8, 4) is 5.69 Å². The highest BCUT2D eigenvalue weighted by molar-refractivity contribution is 7.17. The fraction of sp³-hybridized carbons (Fsp3) is 0.472. The topological polar surface area (TPSA) is 153 Å². The summed E-state index contributed by atoms with van der Waals surface area (Å²) >= 11 is 1.29. The van der Waals surface area contributed by atoms with Crippen molar-refractivity contribution in [2.24, 2.45) is 5.41 Å². The summed E-state index contributed by atoms with van der Waals surface area (Å²) in [6.45, 7) is 10.1. The van der Waals surface area contributed by atoms with E-state index in [1.165, 1.54) is 28.2 Å². The predicted octanol–water partition coefficient (Wildman–Crippen LogP) is 3.45. The molecule has 3 saturated heterocycles. The van der Waals surface area contributed by atoms with Crippen LogP contribution in [0.2, 0.25) is 0 Å². The molecule has 14 nitrogen and oxygen atoms in total. The number of likely N-dealkylation sites (tertiary alicyclic amines) is 1. The summed E-state index contributed by atoms with van der Waals surface area (Å²) in [5.74, 6) is 2.51. The minimum atomic E-state index is -0.450. The highest BCUT2D eigenvalue weighted by Crippen LogP contribution is 2.41. The molecule has 1 amide bonds. The molecule has 0 radical (unpaired) electrons. The third-order valence-corrected chi connectivity index (χ3v) is 11.3. The van der Waals surface area contributed by atoms with Crippen LogP contribution in [0.5, 0.6) is 0 Å². The van der Waals surface area contributed by atoms with Crippen LogP contribution in [0, 0.1) is 12.3 Å². The van der Waals surface area contributed by atoms with Gasteiger partial charge in [0, 0.05) is 82.8 Å². The molecule has 268 valence electrons. The molecule has 51 heavy (non-hydrogen) atoms. The molecule has 0 bridgehead atoms. The summed E-state index contributed by atoms with van der Waals surface area (Å²) in [5.41, 5.74) is 1.17. The number of nitrogens with one attached hydrogen (secondary N) is 2. The molecule has 7 rings (SSSR count). The summed E-state index contributed by atoms with van der Waals surface area (Å²) in [6.07, 6.45) is 9.54. The minimum absolute atomic E-state index is 0.203. The van der Waals surface area contributed by atoms with E-state index >= 15 is 0 Å². The molecular weight excluding hydrogens is 669 g/mol. The molecule has 0 aliphatic carbocycles. The van der Waals surface area contributed by atoms with E-state index in [1.54, 1.807) is 6.20 Å². The lowest BCUT2D eigenvalue weighted by atomic mass is 9.77. The Kier molecular flexibility index (Phi) is 10.3. The van der Waals surface area contributed by atoms with Gasteiger partial charge in [0.1, 0.15) is 17.5 Å². The lowest BCUT2D eigenvalue weighted by Crippen LogP contribution is -2.47. The number of unbranched alkanes of at least 4 members (excludes halogenated alkanes) is 1. The second kappa shape index (κ2) is 15.2. The van der Waals surface area contributed by atoms with E-state index in [4.69, 9.17) is 0 Å². The van der Waals surface area contributed by atoms with Crippen LogP contribution >= 0.6 is 11.3 Å². The first kappa shape index (κ1) is 34.6. The second-order valence-electron chi connectivity index (χ2n) is 13.8. The van der Waals surface area contributed by atoms with Crippen molar-refractivity contribution < 1.29 is 9.59 Å². The van der Waals surface area contributed by atoms with Gasteiger partial charge in [-0.05, 0) is 75.3 Å². The molecule has 3 fully saturated rings. The number of aromatic nitrogens is 5. The Hall–Kier alpha value is -4.89. The fourth-order valence-corrected chi connectivity index (χ4v) is 8.13. The Morgan fingerprint density at radius 1 is 0.941 bits per heavy atom. The molecule has 2 N–H and O–H groups in total. The zero-order valence-corrected chi connectivity index (χ0v) is 29.7. The number of aldehydes is 1. The molecule has 0 unspecified atom stereocenters. The molecule has 3 aliphatic rings. The average molecular weight is 713 g/mol. The third kappa shape index (κ3) is 8.20. The first-order chi connectivity index (χ1) is 24.8. The number of hydrogen-bond acceptors (Lipinski definition) is 12. The van der Waals surface area contributed by atoms with Gasteiger partial charge in [0.25, 0.3) is 5.56 Å². The van der Waals surface area contributed by atoms with Gasteiger partial charge in [-0.3, -0.25) is 28.8 Å². The number of benzene rings is 1. The SMILES string of the molecule is Cc1nc(Nc2ncc(C=O)s2)cc(N2CCN(CCCCC(=O)N3CCC4(CCN(c5ccc(-n6ccc(=O)[nH]c6=O)cc5)CC4)C3)CC2)n1. The smallest absolute Gasteiger partial charge is 0.332 e. The first-order valence-corrected chi connectivity index (χ1v) is 18.5. The van der Waals surface area contributed by atoms with Crippen LogP contribution in [0.15, 0.2) is 58.4 Å². The number of piperidine rings is 1. The quantitative estimate of drug-likeness (QED) is 0.174. The Morgan fingerprint density at radius 3 is 2.41 bits per heavy atom. The van der Waals surface area contributed by atoms with Crippen LogP contribution in [0.1, 0.15) is 54.0 Å². The van der Waals surface area contributed by atoms with Gasteiger partial charge in [-0.2, -0.15) is 0 Å². The number of rotatable bonds is 11. The third-order valence-electron chi connectivity index (χ3n) is 10.4. The number of hydrogen-bond donors (Lipinski definition) is 2. The van der Waals surface area contributed by atoms with E-state index in [0.29, 0.717) is 33.8 Å². The van der Waals surface area contributed by atoms with Gasteiger partial charge in [0.15, 0.2) is 11.4 Å². The van der Waals surface area contributed by atoms with Crippen molar-refractivity contribution in [2.75, 3.05) is 74.0 Å². The van der Waals surface area contributed by atoms with E-state index < -0.39 is 11.2 Å². The molecule has 3 aliphatic heterocycles. The molecule has 6 heterocycles. The zero-order valence-electron chi connectivity index (χ0n) is 28.9. The molecule has 1 spiro atoms. The van der Waals surface area contributed by atoms with Crippen LogP contribution in [0.4, 0.5) is 22.5 Å². The van der Waals surface area contributed by atoms with E-state index in [-0.39, 0.29) is 11.3 Å². The number of nitrogens with zero attached hydrogens (tertiary/aromatic N) is 8. The maximum Gasteiger partial charge on any atom is 0.332 e. The van der Waals surface area contributed by atoms with E-state index in [2.05, 4.69) is 44.9 Å². The molecule has 3 aromatic heterocycles. The Labute approximate surface area is 300 Å². The zero-order chi connectivity index (χ0) is 35.4. The number of aryl methyl sites for hydroxylation is 1. The van der Waals surface area contributed by atoms with Crippen LogP contribution in [-0.4, -0.2) is 105 Å². The average Bonchev–Trinajstić information content (AvgIpc) is 3.77. The highest BCUT2D eigenvalue weighted by atomic mass is 32.1. The largest absolute Gasteiger partial charge is 0.371 e. The molecule has 4 aromatic rings. The minimum Gasteiger partial charge on any atom is -0.371 e. The fourth-order valence-electron chi connectivity index (χ4n) is 7.50. The van der Waals surface area contributed by atoms with Crippen molar-refractivity contribution in [1.82, 2.24) is 34.3 Å². The van der Waals surface area contributed by atoms with Crippen molar-refractivity contribution in [2.45, 2.75) is 45.4 Å². The normalized spacial score (nSPS) is 17.6. The summed E-state index contributed by atoms with van der Waals surface area (Å²) < 4.78 is 1.43. The number of carbonyl (C=O) groups is 2. The van der Waals surface area contributed by atoms with E-state index in [9.17, 15) is 19.2 Å². The Morgan fingerprint density at radius 2 is 1.69 bits per heavy atom. The van der Waals surface area contributed by atoms with Gasteiger partial charge in [-0.1, -0.05) is 11.3 Å². The van der Waals surface area contributed by atoms with Gasteiger partial charge in [-0.25, -0.2) is 19.7 Å². The number of thiazole rings is 1. The molecule has 0 atom stereocenters. The maximum absolute atomic E-state index is 13.2. The first-order valence-electron chi connectivity index (χ1n) is 17.7. The van der Waals surface area contributed by atoms with Crippen molar-refractivity contribution in [3.05, 3.63) is 80.3 Å². The maximum atomic E-state index is 13.2. The van der Waals surface area contributed by atoms with E-state index in [0.717, 1.165) is 109 Å². The van der Waals surface area contributed by atoms with Crippen molar-refractivity contribution in [3.63, 3.8) is 0 Å². The summed E-state index contributed by atoms with van der Waals surface area (Å²) in [7, 11) is 0. The van der Waals surface area contributed by atoms with Crippen LogP contribution in [0.3, 0.4) is 0 Å². The second-order valence-corrected chi connectivity index (χ2v) is 14.9. The summed E-state index contributed by atoms with van der Waals surface area (Å²) in [4.78, 5) is 73.2. The standard InChI is InChI=1S/C36H44N10O4S/c1-26-38-30(40-34-37-23-29(24-47)51-34)22-31(39-26)44-20-18-42(19-21-44)13-3-2-4-33(49)45-17-12-36(25-45)10-15-43(16-11-36)27-5-7-28(8-6-27)46-14-9-32(48)41-35(46)50/h5-9,14,22-24H,2-4,10-13,15-21,25H2,1H3,(H,41,48,50)(H,37,38,39,40). The van der Waals surface area contributed by atoms with Crippen molar-refractivity contribution in [1.29, 1.82) is 0 Å². The molecule has 0 saturated carbocycles. The molecular formula is C36H44N10O4S. The summed E-state index contributed by atoms with van der Waals surface area (Å²) in [5, 5.41) is 3.82. The number of carbonyl (C=O) groups excluding carboxylic acids is 2. The van der Waals surface area contributed by atoms with Crippen LogP contribution < -0.4 is 26.4 Å². The van der Waals surface area contributed by atoms with Gasteiger partial charge in [-0.15, -0.1) is 0 Å². The van der Waals surface area contributed by atoms with Crippen LogP contribution in [0.25, 0.3) is 5.69 Å². The number of H-pyrrole nitrogens is 1. The lowest BCUT2D eigenvalue weighted by Gasteiger charge is -2.40. The van der Waals surface area contributed by atoms with Gasteiger partial charge < -0.3 is 20.0 Å². The lowest BCUT2D eigenvalue weighted by molar-refractivity contribution is -0.130. The number of anilines is 4. The van der Waals surface area contributed by atoms with E-state index in [1.807, 2.05) is 37.3 Å². The number of piperazine rings is 1. The Balaban J connectivity index is 0.809. The number of aromatic amines is 1. The molecule has 1 aromatic carbocycles. The van der Waals surface area contributed by atoms with Crippen LogP contribution in [-0.2, 0) is 4.79 Å². The van der Waals surface area contributed by atoms with Crippen molar-refractivity contribution >= 4 is 46.0 Å². The van der Waals surface area contributed by atoms with Gasteiger partial charge >= 0.3 is 5.69 Å². The Bertz CT molecular complexity index is 1960. The van der Waals surface area contributed by atoms with Gasteiger partial charge in [0.2, 0.25) is 5.91 Å². The van der Waals surface area contributed by atoms with Gasteiger partial charge in [0.05, 0.1) is 16.8 Å². The molecule has 15 heteroatoms. The number of amides is 1. The monoisotopic (exact) mass is 712 g/mol.